The molecule has 2 aliphatic rings. The van der Waals surface area contributed by atoms with E-state index in [1.807, 2.05) is 53.4 Å². The molecule has 0 bridgehead atoms. The normalized spacial score (nSPS) is 20.7. The molecule has 1 aliphatic heterocycles. The molecule has 164 valence electrons. The number of piperidine rings is 1. The van der Waals surface area contributed by atoms with Crippen molar-refractivity contribution >= 4 is 11.7 Å². The van der Waals surface area contributed by atoms with E-state index in [1.165, 1.54) is 4.80 Å². The van der Waals surface area contributed by atoms with Crippen LogP contribution in [0.4, 0.5) is 0 Å². The quantitative estimate of drug-likeness (QED) is 0.554. The molecule has 0 radical (unpaired) electrons. The predicted octanol–water partition coefficient (Wildman–Crippen LogP) is 3.93. The number of likely N-dealkylation sites (tertiary alicyclic amines) is 1. The van der Waals surface area contributed by atoms with Crippen molar-refractivity contribution in [2.45, 2.75) is 44.8 Å². The zero-order chi connectivity index (χ0) is 22.1. The Morgan fingerprint density at radius 3 is 2.53 bits per heavy atom. The third kappa shape index (κ3) is 4.15. The maximum atomic E-state index is 13.5. The molecule has 5 rings (SSSR count). The third-order valence-electron chi connectivity index (χ3n) is 6.24. The van der Waals surface area contributed by atoms with Gasteiger partial charge in [-0.25, -0.2) is 0 Å². The number of ketones is 1. The predicted molar refractivity (Wildman–Crippen MR) is 119 cm³/mol. The van der Waals surface area contributed by atoms with Gasteiger partial charge in [-0.05, 0) is 56.9 Å². The molecule has 0 unspecified atom stereocenters. The summed E-state index contributed by atoms with van der Waals surface area (Å²) >= 11 is 0. The highest BCUT2D eigenvalue weighted by Crippen LogP contribution is 2.33. The fraction of sp³-hybridized carbons (Fsp3) is 0.360. The molecule has 2 heterocycles. The molecule has 1 aliphatic carbocycles. The summed E-state index contributed by atoms with van der Waals surface area (Å²) in [5.74, 6) is 1.01. The number of para-hydroxylation sites is 1. The van der Waals surface area contributed by atoms with Gasteiger partial charge in [-0.3, -0.25) is 9.59 Å². The second-order valence-electron chi connectivity index (χ2n) is 8.63. The van der Waals surface area contributed by atoms with Gasteiger partial charge in [0.25, 0.3) is 5.91 Å². The molecule has 0 N–H and O–H groups in total. The number of Topliss-reactive ketones (excluding diaryl/α,β-unsaturated/α-hetero) is 1. The molecule has 2 aromatic carbocycles. The van der Waals surface area contributed by atoms with Gasteiger partial charge in [0.1, 0.15) is 11.9 Å². The van der Waals surface area contributed by atoms with Gasteiger partial charge in [0.2, 0.25) is 0 Å². The summed E-state index contributed by atoms with van der Waals surface area (Å²) in [4.78, 5) is 29.2. The lowest BCUT2D eigenvalue weighted by Crippen LogP contribution is -2.49. The number of hydrogen-bond donors (Lipinski definition) is 0. The Hall–Kier alpha value is -3.48. The van der Waals surface area contributed by atoms with E-state index in [1.54, 1.807) is 12.4 Å². The second kappa shape index (κ2) is 8.57. The number of benzene rings is 2. The van der Waals surface area contributed by atoms with Crippen LogP contribution in [-0.4, -0.2) is 50.3 Å². The molecule has 2 atom stereocenters. The Balaban J connectivity index is 1.33. The largest absolute Gasteiger partial charge is 0.489 e. The van der Waals surface area contributed by atoms with Gasteiger partial charge in [0, 0.05) is 17.5 Å². The lowest BCUT2D eigenvalue weighted by atomic mass is 9.99. The maximum Gasteiger partial charge on any atom is 0.256 e. The second-order valence-corrected chi connectivity index (χ2v) is 8.63. The van der Waals surface area contributed by atoms with Crippen molar-refractivity contribution in [1.82, 2.24) is 19.9 Å². The summed E-state index contributed by atoms with van der Waals surface area (Å²) in [6.07, 6.45) is 6.73. The van der Waals surface area contributed by atoms with E-state index in [0.29, 0.717) is 29.1 Å². The lowest BCUT2D eigenvalue weighted by molar-refractivity contribution is 0.0384. The van der Waals surface area contributed by atoms with E-state index in [-0.39, 0.29) is 29.8 Å². The summed E-state index contributed by atoms with van der Waals surface area (Å²) < 4.78 is 6.24. The van der Waals surface area contributed by atoms with E-state index >= 15 is 0 Å². The van der Waals surface area contributed by atoms with Crippen LogP contribution < -0.4 is 4.74 Å². The Kier molecular flexibility index (Phi) is 5.47. The van der Waals surface area contributed by atoms with Gasteiger partial charge in [-0.2, -0.15) is 15.0 Å². The van der Waals surface area contributed by atoms with Gasteiger partial charge in [-0.15, -0.1) is 0 Å². The van der Waals surface area contributed by atoms with Gasteiger partial charge in [-0.1, -0.05) is 24.3 Å². The van der Waals surface area contributed by atoms with E-state index in [2.05, 4.69) is 17.1 Å². The maximum absolute atomic E-state index is 13.5. The Morgan fingerprint density at radius 2 is 1.75 bits per heavy atom. The molecule has 1 amide bonds. The van der Waals surface area contributed by atoms with Crippen molar-refractivity contribution in [3.8, 4) is 11.4 Å². The van der Waals surface area contributed by atoms with Crippen LogP contribution in [0.25, 0.3) is 5.69 Å². The van der Waals surface area contributed by atoms with Crippen molar-refractivity contribution in [2.24, 2.45) is 5.92 Å². The van der Waals surface area contributed by atoms with Crippen LogP contribution in [0.1, 0.15) is 53.3 Å². The molecule has 7 heteroatoms. The molecule has 2 fully saturated rings. The minimum atomic E-state index is -0.128. The Bertz CT molecular complexity index is 1120. The molecule has 32 heavy (non-hydrogen) atoms. The van der Waals surface area contributed by atoms with E-state index in [0.717, 1.165) is 25.7 Å². The number of carbonyl (C=O) groups is 2. The summed E-state index contributed by atoms with van der Waals surface area (Å²) in [7, 11) is 0. The molecule has 3 aromatic rings. The number of hydrogen-bond acceptors (Lipinski definition) is 5. The zero-order valence-electron chi connectivity index (χ0n) is 18.1. The van der Waals surface area contributed by atoms with Gasteiger partial charge >= 0.3 is 0 Å². The fourth-order valence-electron chi connectivity index (χ4n) is 4.27. The third-order valence-corrected chi connectivity index (χ3v) is 6.24. The van der Waals surface area contributed by atoms with Crippen LogP contribution in [0.3, 0.4) is 0 Å². The molecular formula is C25H26N4O3. The average Bonchev–Trinajstić information content (AvgIpc) is 3.53. The number of aromatic nitrogens is 3. The highest BCUT2D eigenvalue weighted by molar-refractivity contribution is 5.99. The number of nitrogens with zero attached hydrogens (tertiary/aromatic N) is 4. The molecule has 7 nitrogen and oxygen atoms in total. The van der Waals surface area contributed by atoms with Gasteiger partial charge in [0.15, 0.2) is 5.78 Å². The molecule has 1 saturated carbocycles. The highest BCUT2D eigenvalue weighted by Gasteiger charge is 2.33. The zero-order valence-corrected chi connectivity index (χ0v) is 18.1. The number of ether oxygens (including phenoxy) is 1. The minimum Gasteiger partial charge on any atom is -0.489 e. The SMILES string of the molecule is C[C@@H]1CC[C@@H](Oc2cccc(C(=O)C3CC3)c2)CN1C(=O)c1ccccc1-n1nccn1. The summed E-state index contributed by atoms with van der Waals surface area (Å²) in [5, 5.41) is 8.37. The number of amides is 1. The smallest absolute Gasteiger partial charge is 0.256 e. The first-order valence-corrected chi connectivity index (χ1v) is 11.2. The van der Waals surface area contributed by atoms with Crippen LogP contribution >= 0.6 is 0 Å². The van der Waals surface area contributed by atoms with Crippen LogP contribution in [0.5, 0.6) is 5.75 Å². The van der Waals surface area contributed by atoms with Crippen LogP contribution in [0.2, 0.25) is 0 Å². The van der Waals surface area contributed by atoms with Crippen molar-refractivity contribution < 1.29 is 14.3 Å². The van der Waals surface area contributed by atoms with Gasteiger partial charge in [0.05, 0.1) is 30.2 Å². The Morgan fingerprint density at radius 1 is 0.969 bits per heavy atom. The first-order chi connectivity index (χ1) is 15.6. The van der Waals surface area contributed by atoms with E-state index in [4.69, 9.17) is 4.74 Å². The van der Waals surface area contributed by atoms with Crippen molar-refractivity contribution in [3.05, 3.63) is 72.1 Å². The fourth-order valence-corrected chi connectivity index (χ4v) is 4.27. The van der Waals surface area contributed by atoms with Crippen LogP contribution in [0, 0.1) is 5.92 Å². The summed E-state index contributed by atoms with van der Waals surface area (Å²) in [5.41, 5.74) is 1.93. The minimum absolute atomic E-state index is 0.0589. The average molecular weight is 431 g/mol. The lowest BCUT2D eigenvalue weighted by Gasteiger charge is -2.38. The summed E-state index contributed by atoms with van der Waals surface area (Å²) in [6.45, 7) is 2.56. The van der Waals surface area contributed by atoms with Crippen LogP contribution in [-0.2, 0) is 0 Å². The molecule has 1 saturated heterocycles. The van der Waals surface area contributed by atoms with E-state index < -0.39 is 0 Å². The summed E-state index contributed by atoms with van der Waals surface area (Å²) in [6, 6.07) is 14.9. The first kappa shape index (κ1) is 20.4. The standard InChI is InChI=1S/C25H26N4O3/c1-17-9-12-21(32-20-6-4-5-19(15-20)24(30)18-10-11-18)16-28(17)25(31)22-7-2-3-8-23(22)29-26-13-14-27-29/h2-8,13-15,17-18,21H,9-12,16H2,1H3/t17-,21-/m1/s1. The molecule has 1 aromatic heterocycles. The molecular weight excluding hydrogens is 404 g/mol. The van der Waals surface area contributed by atoms with Crippen molar-refractivity contribution in [3.63, 3.8) is 0 Å². The number of carbonyl (C=O) groups excluding carboxylic acids is 2. The highest BCUT2D eigenvalue weighted by atomic mass is 16.5. The van der Waals surface area contributed by atoms with Crippen molar-refractivity contribution in [2.75, 3.05) is 6.54 Å². The topological polar surface area (TPSA) is 77.3 Å². The van der Waals surface area contributed by atoms with E-state index in [9.17, 15) is 9.59 Å². The number of rotatable bonds is 6. The Labute approximate surface area is 187 Å². The first-order valence-electron chi connectivity index (χ1n) is 11.2. The van der Waals surface area contributed by atoms with Crippen molar-refractivity contribution in [1.29, 1.82) is 0 Å². The van der Waals surface area contributed by atoms with Gasteiger partial charge < -0.3 is 9.64 Å². The molecule has 0 spiro atoms. The monoisotopic (exact) mass is 430 g/mol. The van der Waals surface area contributed by atoms with Crippen LogP contribution in [0.15, 0.2) is 60.9 Å².